The van der Waals surface area contributed by atoms with Crippen molar-refractivity contribution >= 4 is 12.2 Å². The molecule has 2 aromatic rings. The van der Waals surface area contributed by atoms with Gasteiger partial charge in [-0.1, -0.05) is 36.4 Å². The summed E-state index contributed by atoms with van der Waals surface area (Å²) in [5.74, 6) is -0.855. The predicted octanol–water partition coefficient (Wildman–Crippen LogP) is 1.12. The summed E-state index contributed by atoms with van der Waals surface area (Å²) in [5, 5.41) is 9.61. The normalized spacial score (nSPS) is 28.7. The minimum atomic E-state index is -0.855. The summed E-state index contributed by atoms with van der Waals surface area (Å²) in [5.41, 5.74) is 0.115. The fourth-order valence-corrected chi connectivity index (χ4v) is 3.59. The molecule has 8 nitrogen and oxygen atoms in total. The molecule has 2 N–H and O–H groups in total. The second kappa shape index (κ2) is 7.14. The molecule has 148 valence electrons. The van der Waals surface area contributed by atoms with Crippen molar-refractivity contribution in [2.75, 3.05) is 6.61 Å². The van der Waals surface area contributed by atoms with E-state index < -0.39 is 41.6 Å². The Balaban J connectivity index is 1.69. The average molecular weight is 386 g/mol. The number of nitrogens with zero attached hydrogens (tertiary/aromatic N) is 1. The summed E-state index contributed by atoms with van der Waals surface area (Å²) in [6, 6.07) is 9.50. The maximum absolute atomic E-state index is 12.4. The zero-order valence-corrected chi connectivity index (χ0v) is 15.6. The molecule has 0 unspecified atom stereocenters. The zero-order valence-electron chi connectivity index (χ0n) is 15.6. The third-order valence-corrected chi connectivity index (χ3v) is 4.83. The highest BCUT2D eigenvalue weighted by molar-refractivity contribution is 5.68. The van der Waals surface area contributed by atoms with E-state index in [9.17, 15) is 14.7 Å². The second-order valence-electron chi connectivity index (χ2n) is 7.31. The molecule has 28 heavy (non-hydrogen) atoms. The van der Waals surface area contributed by atoms with Crippen LogP contribution in [0, 0.1) is 0 Å². The maximum Gasteiger partial charge on any atom is 0.330 e. The third-order valence-electron chi connectivity index (χ3n) is 4.83. The van der Waals surface area contributed by atoms with Crippen LogP contribution in [0.25, 0.3) is 12.2 Å². The zero-order chi connectivity index (χ0) is 19.9. The van der Waals surface area contributed by atoms with Gasteiger partial charge >= 0.3 is 5.69 Å². The number of aromatic nitrogens is 2. The average Bonchev–Trinajstić information content (AvgIpc) is 3.15. The lowest BCUT2D eigenvalue weighted by Gasteiger charge is -2.24. The summed E-state index contributed by atoms with van der Waals surface area (Å²) in [7, 11) is 0. The Bertz CT molecular complexity index is 994. The molecular weight excluding hydrogens is 364 g/mol. The third kappa shape index (κ3) is 3.47. The molecule has 0 aliphatic carbocycles. The van der Waals surface area contributed by atoms with Crippen LogP contribution >= 0.6 is 0 Å². The van der Waals surface area contributed by atoms with Crippen molar-refractivity contribution in [2.24, 2.45) is 0 Å². The van der Waals surface area contributed by atoms with Gasteiger partial charge in [0.05, 0.1) is 12.2 Å². The highest BCUT2D eigenvalue weighted by atomic mass is 16.8. The number of H-pyrrole nitrogens is 1. The van der Waals surface area contributed by atoms with Crippen LogP contribution in [-0.4, -0.2) is 45.4 Å². The van der Waals surface area contributed by atoms with Gasteiger partial charge in [0.25, 0.3) is 5.56 Å². The van der Waals surface area contributed by atoms with E-state index in [1.807, 2.05) is 30.3 Å². The fourth-order valence-electron chi connectivity index (χ4n) is 3.59. The lowest BCUT2D eigenvalue weighted by molar-refractivity contribution is -0.200. The highest BCUT2D eigenvalue weighted by Gasteiger charge is 2.55. The van der Waals surface area contributed by atoms with Gasteiger partial charge in [0.2, 0.25) is 0 Å². The van der Waals surface area contributed by atoms with E-state index in [0.29, 0.717) is 5.56 Å². The Labute approximate surface area is 161 Å². The Morgan fingerprint density at radius 1 is 1.14 bits per heavy atom. The topological polar surface area (TPSA) is 103 Å². The summed E-state index contributed by atoms with van der Waals surface area (Å²) in [6.45, 7) is 3.26. The first-order chi connectivity index (χ1) is 13.4. The first-order valence-electron chi connectivity index (χ1n) is 9.08. The molecule has 4 atom stereocenters. The van der Waals surface area contributed by atoms with Crippen LogP contribution in [-0.2, 0) is 14.2 Å². The standard InChI is InChI=1S/C20H22N2O6/c1-20(2)27-15-14(11-23)26-18(16(15)28-20)22-10-13(17(24)21-19(22)25)9-8-12-6-4-3-5-7-12/h3-10,14-16,18,23H,11H2,1-2H3,(H,21,24,25)/t14-,15-,16-,18-/m1/s1. The van der Waals surface area contributed by atoms with Crippen LogP contribution in [0.3, 0.4) is 0 Å². The fraction of sp³-hybridized carbons (Fsp3) is 0.400. The number of nitrogens with one attached hydrogen (secondary N) is 1. The largest absolute Gasteiger partial charge is 0.394 e. The molecule has 0 saturated carbocycles. The molecule has 3 heterocycles. The summed E-state index contributed by atoms with van der Waals surface area (Å²) in [6.07, 6.45) is 2.32. The summed E-state index contributed by atoms with van der Waals surface area (Å²) < 4.78 is 18.8. The van der Waals surface area contributed by atoms with Crippen LogP contribution in [0.15, 0.2) is 46.1 Å². The van der Waals surface area contributed by atoms with Gasteiger partial charge < -0.3 is 19.3 Å². The minimum Gasteiger partial charge on any atom is -0.394 e. The molecule has 0 amide bonds. The number of hydrogen-bond donors (Lipinski definition) is 2. The molecule has 4 rings (SSSR count). The Kier molecular flexibility index (Phi) is 4.80. The molecule has 1 aromatic heterocycles. The number of aliphatic hydroxyl groups excluding tert-OH is 1. The minimum absolute atomic E-state index is 0.268. The number of hydrogen-bond acceptors (Lipinski definition) is 6. The highest BCUT2D eigenvalue weighted by Crippen LogP contribution is 2.42. The predicted molar refractivity (Wildman–Crippen MR) is 102 cm³/mol. The first-order valence-corrected chi connectivity index (χ1v) is 9.08. The lowest BCUT2D eigenvalue weighted by Crippen LogP contribution is -2.38. The van der Waals surface area contributed by atoms with Crippen molar-refractivity contribution < 1.29 is 19.3 Å². The van der Waals surface area contributed by atoms with Crippen molar-refractivity contribution in [3.8, 4) is 0 Å². The number of benzene rings is 1. The molecule has 2 aliphatic rings. The second-order valence-corrected chi connectivity index (χ2v) is 7.31. The molecule has 0 radical (unpaired) electrons. The lowest BCUT2D eigenvalue weighted by atomic mass is 10.1. The molecule has 1 aromatic carbocycles. The van der Waals surface area contributed by atoms with E-state index in [4.69, 9.17) is 14.2 Å². The van der Waals surface area contributed by atoms with Gasteiger partial charge in [0.1, 0.15) is 18.3 Å². The van der Waals surface area contributed by atoms with E-state index in [-0.39, 0.29) is 6.61 Å². The number of fused-ring (bicyclic) bond motifs is 1. The van der Waals surface area contributed by atoms with Crippen LogP contribution in [0.5, 0.6) is 0 Å². The Morgan fingerprint density at radius 3 is 2.57 bits per heavy atom. The van der Waals surface area contributed by atoms with Crippen molar-refractivity contribution in [3.63, 3.8) is 0 Å². The first kappa shape index (κ1) is 18.8. The number of rotatable bonds is 4. The number of aromatic amines is 1. The van der Waals surface area contributed by atoms with Crippen LogP contribution in [0.4, 0.5) is 0 Å². The number of aliphatic hydroxyl groups is 1. The maximum atomic E-state index is 12.4. The quantitative estimate of drug-likeness (QED) is 0.816. The SMILES string of the molecule is CC1(C)O[C@@H]2[C@H](O1)[C@@H](CO)O[C@H]2n1cc(C=Cc2ccccc2)c(=O)[nH]c1=O. The molecule has 2 fully saturated rings. The summed E-state index contributed by atoms with van der Waals surface area (Å²) in [4.78, 5) is 27.0. The van der Waals surface area contributed by atoms with E-state index in [1.54, 1.807) is 26.0 Å². The molecule has 0 spiro atoms. The number of ether oxygens (including phenoxy) is 3. The van der Waals surface area contributed by atoms with Gasteiger partial charge in [0.15, 0.2) is 12.0 Å². The van der Waals surface area contributed by atoms with Gasteiger partial charge in [0, 0.05) is 6.20 Å². The van der Waals surface area contributed by atoms with Crippen LogP contribution in [0.2, 0.25) is 0 Å². The van der Waals surface area contributed by atoms with E-state index in [1.165, 1.54) is 10.8 Å². The Morgan fingerprint density at radius 2 is 1.86 bits per heavy atom. The molecular formula is C20H22N2O6. The van der Waals surface area contributed by atoms with Crippen LogP contribution < -0.4 is 11.2 Å². The van der Waals surface area contributed by atoms with Gasteiger partial charge in [-0.25, -0.2) is 4.79 Å². The van der Waals surface area contributed by atoms with Crippen LogP contribution in [0.1, 0.15) is 31.2 Å². The van der Waals surface area contributed by atoms with E-state index in [2.05, 4.69) is 4.98 Å². The molecule has 2 saturated heterocycles. The summed E-state index contributed by atoms with van der Waals surface area (Å²) >= 11 is 0. The van der Waals surface area contributed by atoms with Crippen molar-refractivity contribution in [2.45, 2.75) is 44.2 Å². The van der Waals surface area contributed by atoms with Crippen molar-refractivity contribution in [3.05, 3.63) is 68.5 Å². The van der Waals surface area contributed by atoms with Crippen molar-refractivity contribution in [1.29, 1.82) is 0 Å². The van der Waals surface area contributed by atoms with E-state index in [0.717, 1.165) is 5.56 Å². The smallest absolute Gasteiger partial charge is 0.330 e. The van der Waals surface area contributed by atoms with E-state index >= 15 is 0 Å². The monoisotopic (exact) mass is 386 g/mol. The molecule has 8 heteroatoms. The Hall–Kier alpha value is -2.52. The van der Waals surface area contributed by atoms with Gasteiger partial charge in [-0.2, -0.15) is 0 Å². The van der Waals surface area contributed by atoms with Crippen molar-refractivity contribution in [1.82, 2.24) is 9.55 Å². The van der Waals surface area contributed by atoms with Gasteiger partial charge in [-0.3, -0.25) is 14.3 Å². The molecule has 2 aliphatic heterocycles. The molecule has 0 bridgehead atoms. The van der Waals surface area contributed by atoms with Gasteiger partial charge in [-0.15, -0.1) is 0 Å². The van der Waals surface area contributed by atoms with Gasteiger partial charge in [-0.05, 0) is 25.5 Å².